The van der Waals surface area contributed by atoms with Gasteiger partial charge in [-0.05, 0) is 31.4 Å². The number of ether oxygens (including phenoxy) is 2. The summed E-state index contributed by atoms with van der Waals surface area (Å²) in [5.74, 6) is -0.468. The number of aliphatic hydroxyl groups is 1. The molecule has 0 aliphatic carbocycles. The first-order chi connectivity index (χ1) is 20.0. The summed E-state index contributed by atoms with van der Waals surface area (Å²) in [4.78, 5) is 38.8. The topological polar surface area (TPSA) is 126 Å². The first kappa shape index (κ1) is 36.4. The Morgan fingerprint density at radius 1 is 0.780 bits per heavy atom. The monoisotopic (exact) mass is 577 g/mol. The minimum absolute atomic E-state index is 0.0711. The molecule has 1 rings (SSSR count). The number of rotatable bonds is 26. The van der Waals surface area contributed by atoms with Gasteiger partial charge in [-0.1, -0.05) is 90.2 Å². The average molecular weight is 578 g/mol. The largest absolute Gasteiger partial charge is 0.490 e. The number of nitrogens with one attached hydrogen (secondary N) is 3. The van der Waals surface area contributed by atoms with Gasteiger partial charge in [0.05, 0.1) is 25.4 Å². The molecule has 1 aromatic rings. The van der Waals surface area contributed by atoms with E-state index in [-0.39, 0.29) is 51.1 Å². The van der Waals surface area contributed by atoms with E-state index >= 15 is 0 Å². The molecular weight excluding hydrogens is 522 g/mol. The maximum atomic E-state index is 13.2. The van der Waals surface area contributed by atoms with Gasteiger partial charge < -0.3 is 30.5 Å². The van der Waals surface area contributed by atoms with E-state index < -0.39 is 11.9 Å². The van der Waals surface area contributed by atoms with Crippen LogP contribution in [-0.2, 0) is 14.3 Å². The number of carbonyl (C=O) groups is 3. The number of aliphatic hydroxyl groups excluding tert-OH is 1. The third-order valence-electron chi connectivity index (χ3n) is 6.82. The Morgan fingerprint density at radius 2 is 1.39 bits per heavy atom. The molecule has 0 aliphatic heterocycles. The first-order valence-corrected chi connectivity index (χ1v) is 15.8. The molecule has 4 N–H and O–H groups in total. The summed E-state index contributed by atoms with van der Waals surface area (Å²) in [6.45, 7) is 6.16. The third kappa shape index (κ3) is 18.4. The van der Waals surface area contributed by atoms with Gasteiger partial charge in [-0.2, -0.15) is 0 Å². The summed E-state index contributed by atoms with van der Waals surface area (Å²) >= 11 is 0. The van der Waals surface area contributed by atoms with E-state index in [1.54, 1.807) is 24.3 Å². The average Bonchev–Trinajstić information content (AvgIpc) is 2.98. The number of carbonyl (C=O) groups excluding carboxylic acids is 3. The fourth-order valence-corrected chi connectivity index (χ4v) is 4.40. The Balaban J connectivity index is 2.67. The van der Waals surface area contributed by atoms with Crippen molar-refractivity contribution in [2.24, 2.45) is 0 Å². The van der Waals surface area contributed by atoms with E-state index in [2.05, 4.69) is 29.8 Å². The molecule has 0 fully saturated rings. The standard InChI is InChI=1S/C32H55N3O6/c1-3-5-7-9-11-15-21-33-30(37)20-19-28(32(39)34-22-16-12-10-8-6-4-2)35-31(38)27-17-13-14-18-29(27)41-26-25-40-24-23-36/h13-14,17-18,28,36H,3-12,15-16,19-26H2,1-2H3,(H,33,37)(H,34,39)(H,35,38). The lowest BCUT2D eigenvalue weighted by molar-refractivity contribution is -0.124. The normalized spacial score (nSPS) is 11.6. The number of para-hydroxylation sites is 1. The molecular formula is C32H55N3O6. The van der Waals surface area contributed by atoms with Gasteiger partial charge in [0, 0.05) is 19.5 Å². The molecule has 0 radical (unpaired) electrons. The summed E-state index contributed by atoms with van der Waals surface area (Å²) in [6.07, 6.45) is 13.9. The van der Waals surface area contributed by atoms with Crippen molar-refractivity contribution in [3.8, 4) is 5.75 Å². The lowest BCUT2D eigenvalue weighted by atomic mass is 10.1. The van der Waals surface area contributed by atoms with E-state index in [0.29, 0.717) is 24.4 Å². The van der Waals surface area contributed by atoms with Crippen LogP contribution in [0, 0.1) is 0 Å². The number of hydrogen-bond acceptors (Lipinski definition) is 6. The van der Waals surface area contributed by atoms with Crippen LogP contribution < -0.4 is 20.7 Å². The molecule has 0 heterocycles. The van der Waals surface area contributed by atoms with Crippen LogP contribution in [0.1, 0.15) is 114 Å². The van der Waals surface area contributed by atoms with Gasteiger partial charge in [0.15, 0.2) is 0 Å². The van der Waals surface area contributed by atoms with Crippen molar-refractivity contribution in [3.05, 3.63) is 29.8 Å². The quantitative estimate of drug-likeness (QED) is 0.116. The van der Waals surface area contributed by atoms with Gasteiger partial charge in [-0.3, -0.25) is 14.4 Å². The van der Waals surface area contributed by atoms with Gasteiger partial charge in [-0.15, -0.1) is 0 Å². The summed E-state index contributed by atoms with van der Waals surface area (Å²) in [5, 5.41) is 17.6. The van der Waals surface area contributed by atoms with Gasteiger partial charge in [-0.25, -0.2) is 0 Å². The van der Waals surface area contributed by atoms with Crippen LogP contribution in [0.2, 0.25) is 0 Å². The van der Waals surface area contributed by atoms with Crippen molar-refractivity contribution in [3.63, 3.8) is 0 Å². The maximum absolute atomic E-state index is 13.2. The van der Waals surface area contributed by atoms with Crippen LogP contribution in [-0.4, -0.2) is 68.4 Å². The lowest BCUT2D eigenvalue weighted by Gasteiger charge is -2.19. The fourth-order valence-electron chi connectivity index (χ4n) is 4.40. The molecule has 0 aliphatic rings. The van der Waals surface area contributed by atoms with Crippen molar-refractivity contribution >= 4 is 17.7 Å². The molecule has 41 heavy (non-hydrogen) atoms. The summed E-state index contributed by atoms with van der Waals surface area (Å²) < 4.78 is 10.9. The molecule has 234 valence electrons. The highest BCUT2D eigenvalue weighted by atomic mass is 16.5. The molecule has 9 nitrogen and oxygen atoms in total. The molecule has 3 amide bonds. The number of hydrogen-bond donors (Lipinski definition) is 4. The SMILES string of the molecule is CCCCCCCCNC(=O)CCC(NC(=O)c1ccccc1OCCOCCO)C(=O)NCCCCCCCC. The minimum Gasteiger partial charge on any atom is -0.490 e. The second-order valence-corrected chi connectivity index (χ2v) is 10.4. The molecule has 0 bridgehead atoms. The van der Waals surface area contributed by atoms with Crippen LogP contribution in [0.3, 0.4) is 0 Å². The first-order valence-electron chi connectivity index (χ1n) is 15.8. The smallest absolute Gasteiger partial charge is 0.255 e. The zero-order valence-corrected chi connectivity index (χ0v) is 25.5. The number of amides is 3. The lowest BCUT2D eigenvalue weighted by Crippen LogP contribution is -2.47. The molecule has 9 heteroatoms. The van der Waals surface area contributed by atoms with E-state index in [1.165, 1.54) is 44.9 Å². The number of benzene rings is 1. The van der Waals surface area contributed by atoms with Gasteiger partial charge >= 0.3 is 0 Å². The van der Waals surface area contributed by atoms with Gasteiger partial charge in [0.25, 0.3) is 5.91 Å². The second-order valence-electron chi connectivity index (χ2n) is 10.4. The van der Waals surface area contributed by atoms with E-state index in [9.17, 15) is 14.4 Å². The van der Waals surface area contributed by atoms with Crippen molar-refractivity contribution in [1.82, 2.24) is 16.0 Å². The van der Waals surface area contributed by atoms with Crippen LogP contribution >= 0.6 is 0 Å². The highest BCUT2D eigenvalue weighted by Crippen LogP contribution is 2.18. The van der Waals surface area contributed by atoms with Crippen molar-refractivity contribution < 1.29 is 29.0 Å². The second kappa shape index (κ2) is 25.1. The van der Waals surface area contributed by atoms with Gasteiger partial charge in [0.1, 0.15) is 18.4 Å². The maximum Gasteiger partial charge on any atom is 0.255 e. The molecule has 0 spiro atoms. The molecule has 0 aromatic heterocycles. The Morgan fingerprint density at radius 3 is 2.05 bits per heavy atom. The molecule has 0 saturated carbocycles. The number of unbranched alkanes of at least 4 members (excludes halogenated alkanes) is 10. The Kier molecular flexibility index (Phi) is 22.3. The van der Waals surface area contributed by atoms with E-state index in [0.717, 1.165) is 32.1 Å². The van der Waals surface area contributed by atoms with Crippen LogP contribution in [0.15, 0.2) is 24.3 Å². The Bertz CT molecular complexity index is 835. The van der Waals surface area contributed by atoms with Crippen LogP contribution in [0.4, 0.5) is 0 Å². The van der Waals surface area contributed by atoms with Crippen LogP contribution in [0.25, 0.3) is 0 Å². The Hall–Kier alpha value is -2.65. The fraction of sp³-hybridized carbons (Fsp3) is 0.719. The van der Waals surface area contributed by atoms with E-state index in [1.807, 2.05) is 0 Å². The Labute approximate surface area is 247 Å². The molecule has 1 aromatic carbocycles. The predicted molar refractivity (Wildman–Crippen MR) is 163 cm³/mol. The third-order valence-corrected chi connectivity index (χ3v) is 6.82. The zero-order valence-electron chi connectivity index (χ0n) is 25.5. The van der Waals surface area contributed by atoms with Gasteiger partial charge in [0.2, 0.25) is 11.8 Å². The van der Waals surface area contributed by atoms with Crippen LogP contribution in [0.5, 0.6) is 5.75 Å². The highest BCUT2D eigenvalue weighted by Gasteiger charge is 2.23. The van der Waals surface area contributed by atoms with Crippen molar-refractivity contribution in [2.75, 3.05) is 39.5 Å². The summed E-state index contributed by atoms with van der Waals surface area (Å²) in [6, 6.07) is 5.97. The summed E-state index contributed by atoms with van der Waals surface area (Å²) in [7, 11) is 0. The predicted octanol–water partition coefficient (Wildman–Crippen LogP) is 4.91. The summed E-state index contributed by atoms with van der Waals surface area (Å²) in [5.41, 5.74) is 0.302. The molecule has 1 atom stereocenters. The molecule has 0 saturated heterocycles. The van der Waals surface area contributed by atoms with Crippen molar-refractivity contribution in [2.45, 2.75) is 110 Å². The zero-order chi connectivity index (χ0) is 30.0. The minimum atomic E-state index is -0.844. The van der Waals surface area contributed by atoms with Crippen molar-refractivity contribution in [1.29, 1.82) is 0 Å². The van der Waals surface area contributed by atoms with E-state index in [4.69, 9.17) is 14.6 Å². The highest BCUT2D eigenvalue weighted by molar-refractivity contribution is 5.99. The molecule has 1 unspecified atom stereocenters.